The standard InChI is InChI=1S/C24H18ClNO3S/c1-29-24(28)21-14-26(22-5-3-2-4-20(21)22)23(27)17-8-6-16(7-9-17)15-30-19-12-10-18(25)11-13-19/h2-14H,15H2,1H3. The summed E-state index contributed by atoms with van der Waals surface area (Å²) in [6.45, 7) is 0. The first kappa shape index (κ1) is 20.3. The fourth-order valence-corrected chi connectivity index (χ4v) is 4.18. The highest BCUT2D eigenvalue weighted by Crippen LogP contribution is 2.26. The summed E-state index contributed by atoms with van der Waals surface area (Å²) in [4.78, 5) is 26.3. The number of hydrogen-bond donors (Lipinski definition) is 0. The van der Waals surface area contributed by atoms with Crippen LogP contribution in [0.15, 0.2) is 83.9 Å². The fraction of sp³-hybridized carbons (Fsp3) is 0.0833. The number of rotatable bonds is 5. The number of aromatic nitrogens is 1. The van der Waals surface area contributed by atoms with E-state index in [1.807, 2.05) is 72.8 Å². The van der Waals surface area contributed by atoms with Gasteiger partial charge in [-0.2, -0.15) is 0 Å². The van der Waals surface area contributed by atoms with Crippen molar-refractivity contribution in [3.63, 3.8) is 0 Å². The lowest BCUT2D eigenvalue weighted by Crippen LogP contribution is -2.11. The molecule has 0 aliphatic rings. The van der Waals surface area contributed by atoms with Gasteiger partial charge < -0.3 is 4.74 Å². The highest BCUT2D eigenvalue weighted by Gasteiger charge is 2.19. The lowest BCUT2D eigenvalue weighted by atomic mass is 10.1. The van der Waals surface area contributed by atoms with Crippen molar-refractivity contribution >= 4 is 46.1 Å². The second kappa shape index (κ2) is 8.78. The van der Waals surface area contributed by atoms with Gasteiger partial charge in [0, 0.05) is 32.8 Å². The highest BCUT2D eigenvalue weighted by atomic mass is 35.5. The van der Waals surface area contributed by atoms with E-state index in [9.17, 15) is 9.59 Å². The number of halogens is 1. The van der Waals surface area contributed by atoms with Crippen LogP contribution in [0.1, 0.15) is 26.3 Å². The Labute approximate surface area is 183 Å². The minimum absolute atomic E-state index is 0.196. The number of carbonyl (C=O) groups excluding carboxylic acids is 2. The van der Waals surface area contributed by atoms with Crippen LogP contribution in [0.3, 0.4) is 0 Å². The van der Waals surface area contributed by atoms with Gasteiger partial charge in [-0.25, -0.2) is 4.79 Å². The summed E-state index contributed by atoms with van der Waals surface area (Å²) in [6, 6.07) is 22.5. The van der Waals surface area contributed by atoms with E-state index in [-0.39, 0.29) is 5.91 Å². The van der Waals surface area contributed by atoms with Crippen molar-refractivity contribution < 1.29 is 14.3 Å². The van der Waals surface area contributed by atoms with Gasteiger partial charge in [0.15, 0.2) is 0 Å². The van der Waals surface area contributed by atoms with Gasteiger partial charge in [0.05, 0.1) is 18.2 Å². The molecule has 0 aliphatic heterocycles. The molecule has 4 aromatic rings. The van der Waals surface area contributed by atoms with E-state index in [0.717, 1.165) is 21.2 Å². The summed E-state index contributed by atoms with van der Waals surface area (Å²) < 4.78 is 6.35. The molecule has 150 valence electrons. The molecule has 0 N–H and O–H groups in total. The zero-order valence-electron chi connectivity index (χ0n) is 16.2. The van der Waals surface area contributed by atoms with Crippen molar-refractivity contribution in [2.45, 2.75) is 10.6 Å². The predicted molar refractivity (Wildman–Crippen MR) is 120 cm³/mol. The molecular formula is C24H18ClNO3S. The molecule has 30 heavy (non-hydrogen) atoms. The van der Waals surface area contributed by atoms with Crippen molar-refractivity contribution in [1.29, 1.82) is 0 Å². The van der Waals surface area contributed by atoms with Crippen LogP contribution in [-0.4, -0.2) is 23.6 Å². The quantitative estimate of drug-likeness (QED) is 0.282. The van der Waals surface area contributed by atoms with Crippen LogP contribution in [0, 0.1) is 0 Å². The van der Waals surface area contributed by atoms with Gasteiger partial charge in [-0.05, 0) is 48.0 Å². The summed E-state index contributed by atoms with van der Waals surface area (Å²) in [5, 5.41) is 1.41. The molecule has 0 unspecified atom stereocenters. The number of hydrogen-bond acceptors (Lipinski definition) is 4. The molecule has 0 amide bonds. The lowest BCUT2D eigenvalue weighted by molar-refractivity contribution is 0.0603. The number of methoxy groups -OCH3 is 1. The number of thioether (sulfide) groups is 1. The molecule has 1 heterocycles. The second-order valence-corrected chi connectivity index (χ2v) is 8.15. The zero-order chi connectivity index (χ0) is 21.1. The van der Waals surface area contributed by atoms with E-state index in [0.29, 0.717) is 22.0 Å². The zero-order valence-corrected chi connectivity index (χ0v) is 17.7. The molecule has 0 fully saturated rings. The smallest absolute Gasteiger partial charge is 0.340 e. The van der Waals surface area contributed by atoms with Gasteiger partial charge in [0.1, 0.15) is 0 Å². The Hall–Kier alpha value is -3.02. The molecule has 0 spiro atoms. The molecular weight excluding hydrogens is 418 g/mol. The molecule has 4 nitrogen and oxygen atoms in total. The normalized spacial score (nSPS) is 10.9. The first-order valence-electron chi connectivity index (χ1n) is 9.27. The number of ether oxygens (including phenoxy) is 1. The Morgan fingerprint density at radius 1 is 0.967 bits per heavy atom. The maximum absolute atomic E-state index is 13.1. The molecule has 1 aromatic heterocycles. The van der Waals surface area contributed by atoms with Crippen molar-refractivity contribution in [3.8, 4) is 0 Å². The molecule has 0 saturated heterocycles. The molecule has 4 rings (SSSR count). The predicted octanol–water partition coefficient (Wildman–Crippen LogP) is 6.06. The minimum Gasteiger partial charge on any atom is -0.465 e. The third kappa shape index (κ3) is 4.13. The molecule has 0 bridgehead atoms. The average Bonchev–Trinajstić information content (AvgIpc) is 3.18. The molecule has 6 heteroatoms. The maximum Gasteiger partial charge on any atom is 0.340 e. The highest BCUT2D eigenvalue weighted by molar-refractivity contribution is 7.98. The van der Waals surface area contributed by atoms with Crippen molar-refractivity contribution in [2.75, 3.05) is 7.11 Å². The Morgan fingerprint density at radius 2 is 1.67 bits per heavy atom. The molecule has 0 atom stereocenters. The van der Waals surface area contributed by atoms with E-state index in [4.69, 9.17) is 16.3 Å². The number of carbonyl (C=O) groups is 2. The Balaban J connectivity index is 1.55. The number of fused-ring (bicyclic) bond motifs is 1. The Morgan fingerprint density at radius 3 is 2.37 bits per heavy atom. The molecule has 0 aliphatic carbocycles. The van der Waals surface area contributed by atoms with Crippen molar-refractivity contribution in [3.05, 3.63) is 101 Å². The van der Waals surface area contributed by atoms with Crippen LogP contribution in [0.5, 0.6) is 0 Å². The Kier molecular flexibility index (Phi) is 5.93. The Bertz CT molecular complexity index is 1210. The number of benzene rings is 3. The second-order valence-electron chi connectivity index (χ2n) is 6.67. The van der Waals surface area contributed by atoms with Crippen LogP contribution in [-0.2, 0) is 10.5 Å². The first-order chi connectivity index (χ1) is 14.6. The third-order valence-electron chi connectivity index (χ3n) is 4.76. The van der Waals surface area contributed by atoms with E-state index in [1.54, 1.807) is 18.0 Å². The van der Waals surface area contributed by atoms with Crippen LogP contribution < -0.4 is 0 Å². The van der Waals surface area contributed by atoms with Gasteiger partial charge in [-0.1, -0.05) is 41.9 Å². The molecule has 3 aromatic carbocycles. The topological polar surface area (TPSA) is 48.3 Å². The van der Waals surface area contributed by atoms with Crippen molar-refractivity contribution in [2.24, 2.45) is 0 Å². The van der Waals surface area contributed by atoms with E-state index in [2.05, 4.69) is 0 Å². The molecule has 0 saturated carbocycles. The maximum atomic E-state index is 13.1. The number of esters is 1. The SMILES string of the molecule is COC(=O)c1cn(C(=O)c2ccc(CSc3ccc(Cl)cc3)cc2)c2ccccc12. The first-order valence-corrected chi connectivity index (χ1v) is 10.6. The summed E-state index contributed by atoms with van der Waals surface area (Å²) in [6.07, 6.45) is 1.54. The minimum atomic E-state index is -0.465. The summed E-state index contributed by atoms with van der Waals surface area (Å²) in [5.74, 6) is 0.125. The number of nitrogens with zero attached hydrogens (tertiary/aromatic N) is 1. The fourth-order valence-electron chi connectivity index (χ4n) is 3.20. The monoisotopic (exact) mass is 435 g/mol. The van der Waals surface area contributed by atoms with Gasteiger partial charge >= 0.3 is 5.97 Å². The average molecular weight is 436 g/mol. The summed E-state index contributed by atoms with van der Waals surface area (Å²) in [7, 11) is 1.33. The lowest BCUT2D eigenvalue weighted by Gasteiger charge is -2.06. The van der Waals surface area contributed by atoms with Crippen LogP contribution in [0.25, 0.3) is 10.9 Å². The van der Waals surface area contributed by atoms with Gasteiger partial charge in [-0.3, -0.25) is 9.36 Å². The van der Waals surface area contributed by atoms with Crippen LogP contribution >= 0.6 is 23.4 Å². The number of para-hydroxylation sites is 1. The van der Waals surface area contributed by atoms with Gasteiger partial charge in [0.2, 0.25) is 0 Å². The van der Waals surface area contributed by atoms with Crippen molar-refractivity contribution in [1.82, 2.24) is 4.57 Å². The van der Waals surface area contributed by atoms with E-state index >= 15 is 0 Å². The summed E-state index contributed by atoms with van der Waals surface area (Å²) in [5.41, 5.74) is 2.70. The van der Waals surface area contributed by atoms with E-state index in [1.165, 1.54) is 11.7 Å². The third-order valence-corrected chi connectivity index (χ3v) is 6.09. The molecule has 0 radical (unpaired) electrons. The van der Waals surface area contributed by atoms with Crippen LogP contribution in [0.2, 0.25) is 5.02 Å². The van der Waals surface area contributed by atoms with E-state index < -0.39 is 5.97 Å². The van der Waals surface area contributed by atoms with Gasteiger partial charge in [0.25, 0.3) is 5.91 Å². The van der Waals surface area contributed by atoms with Crippen LogP contribution in [0.4, 0.5) is 0 Å². The largest absolute Gasteiger partial charge is 0.465 e. The van der Waals surface area contributed by atoms with Gasteiger partial charge in [-0.15, -0.1) is 11.8 Å². The summed E-state index contributed by atoms with van der Waals surface area (Å²) >= 11 is 7.62.